The van der Waals surface area contributed by atoms with Crippen molar-refractivity contribution >= 4 is 0 Å². The van der Waals surface area contributed by atoms with Crippen LogP contribution < -0.4 is 18.9 Å². The average molecular weight is 857 g/mol. The van der Waals surface area contributed by atoms with E-state index in [9.17, 15) is 0 Å². The zero-order valence-electron chi connectivity index (χ0n) is 42.0. The molecular formula is C59H84O4. The molecule has 0 heterocycles. The van der Waals surface area contributed by atoms with Crippen molar-refractivity contribution in [2.45, 2.75) is 207 Å². The van der Waals surface area contributed by atoms with Crippen LogP contribution in [0, 0.1) is 17.3 Å². The van der Waals surface area contributed by atoms with Crippen molar-refractivity contribution in [2.75, 3.05) is 0 Å². The first kappa shape index (κ1) is 48.5. The molecule has 344 valence electrons. The van der Waals surface area contributed by atoms with Crippen LogP contribution >= 0.6 is 0 Å². The Bertz CT molecular complexity index is 1760. The van der Waals surface area contributed by atoms with E-state index in [0.29, 0.717) is 11.8 Å². The van der Waals surface area contributed by atoms with Crippen LogP contribution in [-0.4, -0.2) is 22.4 Å². The van der Waals surface area contributed by atoms with E-state index < -0.39 is 0 Å². The fraction of sp³-hybridized carbons (Fsp3) is 0.593. The van der Waals surface area contributed by atoms with Gasteiger partial charge in [0.1, 0.15) is 45.4 Å². The molecule has 0 amide bonds. The summed E-state index contributed by atoms with van der Waals surface area (Å²) in [5.74, 6) is 5.10. The summed E-state index contributed by atoms with van der Waals surface area (Å²) in [6, 6.07) is 36.5. The summed E-state index contributed by atoms with van der Waals surface area (Å²) < 4.78 is 25.7. The Morgan fingerprint density at radius 3 is 0.714 bits per heavy atom. The Hall–Kier alpha value is -3.92. The van der Waals surface area contributed by atoms with Crippen LogP contribution in [-0.2, 0) is 10.8 Å². The van der Waals surface area contributed by atoms with Gasteiger partial charge in [-0.05, 0) is 220 Å². The average Bonchev–Trinajstić information content (AvgIpc) is 3.27. The largest absolute Gasteiger partial charge is 0.488 e. The Morgan fingerprint density at radius 2 is 0.540 bits per heavy atom. The van der Waals surface area contributed by atoms with E-state index >= 15 is 0 Å². The van der Waals surface area contributed by atoms with Gasteiger partial charge in [0.25, 0.3) is 0 Å². The van der Waals surface area contributed by atoms with E-state index in [-0.39, 0.29) is 38.6 Å². The third kappa shape index (κ3) is 11.1. The van der Waals surface area contributed by atoms with Crippen LogP contribution in [0.2, 0.25) is 0 Å². The summed E-state index contributed by atoms with van der Waals surface area (Å²) in [7, 11) is 0. The van der Waals surface area contributed by atoms with E-state index in [2.05, 4.69) is 194 Å². The van der Waals surface area contributed by atoms with Gasteiger partial charge in [0, 0.05) is 10.8 Å². The molecule has 0 unspecified atom stereocenters. The smallest absolute Gasteiger partial charge is 0.120 e. The number of hydrogen-bond acceptors (Lipinski definition) is 4. The minimum Gasteiger partial charge on any atom is -0.488 e. The summed E-state index contributed by atoms with van der Waals surface area (Å²) in [6.07, 6.45) is 13.2. The summed E-state index contributed by atoms with van der Waals surface area (Å²) >= 11 is 0. The molecule has 4 heteroatoms. The van der Waals surface area contributed by atoms with E-state index in [1.54, 1.807) is 0 Å². The third-order valence-electron chi connectivity index (χ3n) is 16.4. The predicted molar refractivity (Wildman–Crippen MR) is 265 cm³/mol. The van der Waals surface area contributed by atoms with Gasteiger partial charge < -0.3 is 18.9 Å². The lowest BCUT2D eigenvalue weighted by Gasteiger charge is -2.51. The molecule has 0 bridgehead atoms. The zero-order chi connectivity index (χ0) is 45.9. The minimum atomic E-state index is -0.194. The molecule has 4 aromatic carbocycles. The second kappa shape index (κ2) is 18.9. The molecule has 0 atom stereocenters. The summed E-state index contributed by atoms with van der Waals surface area (Å²) in [6.45, 7) is 31.3. The Labute approximate surface area is 384 Å². The topological polar surface area (TPSA) is 36.9 Å². The Morgan fingerprint density at radius 1 is 0.349 bits per heavy atom. The van der Waals surface area contributed by atoms with Crippen molar-refractivity contribution in [3.8, 4) is 23.0 Å². The number of benzene rings is 4. The van der Waals surface area contributed by atoms with Crippen LogP contribution in [0.4, 0.5) is 0 Å². The maximum atomic E-state index is 6.43. The van der Waals surface area contributed by atoms with E-state index in [1.807, 2.05) is 0 Å². The van der Waals surface area contributed by atoms with Crippen LogP contribution in [0.25, 0.3) is 0 Å². The van der Waals surface area contributed by atoms with Gasteiger partial charge in [0.05, 0.1) is 0 Å². The molecule has 4 nitrogen and oxygen atoms in total. The zero-order valence-corrected chi connectivity index (χ0v) is 42.0. The molecule has 0 N–H and O–H groups in total. The minimum absolute atomic E-state index is 0.0592. The molecule has 4 aromatic rings. The van der Waals surface area contributed by atoms with Crippen molar-refractivity contribution in [2.24, 2.45) is 17.3 Å². The summed E-state index contributed by atoms with van der Waals surface area (Å²) in [4.78, 5) is 0. The normalized spacial score (nSPS) is 17.9. The lowest BCUT2D eigenvalue weighted by atomic mass is 9.53. The lowest BCUT2D eigenvalue weighted by molar-refractivity contribution is 0.0364. The van der Waals surface area contributed by atoms with Crippen LogP contribution in [0.3, 0.4) is 0 Å². The molecule has 0 spiro atoms. The predicted octanol–water partition coefficient (Wildman–Crippen LogP) is 16.6. The van der Waals surface area contributed by atoms with Crippen molar-refractivity contribution in [1.29, 1.82) is 0 Å². The molecule has 2 aliphatic rings. The molecule has 63 heavy (non-hydrogen) atoms. The number of ether oxygens (including phenoxy) is 4. The molecule has 0 aliphatic heterocycles. The molecule has 0 saturated heterocycles. The highest BCUT2D eigenvalue weighted by molar-refractivity contribution is 5.46. The van der Waals surface area contributed by atoms with Crippen molar-refractivity contribution in [3.63, 3.8) is 0 Å². The van der Waals surface area contributed by atoms with E-state index in [1.165, 1.54) is 47.9 Å². The van der Waals surface area contributed by atoms with E-state index in [0.717, 1.165) is 74.4 Å². The Kier molecular flexibility index (Phi) is 14.6. The van der Waals surface area contributed by atoms with Gasteiger partial charge in [-0.2, -0.15) is 0 Å². The third-order valence-corrected chi connectivity index (χ3v) is 16.4. The van der Waals surface area contributed by atoms with Gasteiger partial charge in [-0.25, -0.2) is 0 Å². The van der Waals surface area contributed by atoms with Gasteiger partial charge in [0.2, 0.25) is 0 Å². The quantitative estimate of drug-likeness (QED) is 0.0999. The van der Waals surface area contributed by atoms with Crippen molar-refractivity contribution in [3.05, 3.63) is 119 Å². The van der Waals surface area contributed by atoms with E-state index in [4.69, 9.17) is 18.9 Å². The summed E-state index contributed by atoms with van der Waals surface area (Å²) in [5.41, 5.74) is 4.92. The van der Waals surface area contributed by atoms with Crippen LogP contribution in [0.15, 0.2) is 97.1 Å². The van der Waals surface area contributed by atoms with Crippen molar-refractivity contribution < 1.29 is 18.9 Å². The molecular weight excluding hydrogens is 773 g/mol. The second-order valence-corrected chi connectivity index (χ2v) is 22.5. The standard InChI is InChI=1S/C59H84O4/c1-15-53(5,6)60-49-27-19-45(20-28-49)58(46-21-29-50(30-22-46)61-54(7,8)16-2)39-35-43(36-40-58)57(13,14)44-37-41-59(42-38-44,47-23-31-51(32-24-47)62-55(9,10)17-3)48-25-33-52(34-26-48)63-56(11,12)18-4/h19-34,43-44H,15-18,35-42H2,1-14H3. The van der Waals surface area contributed by atoms with Gasteiger partial charge >= 0.3 is 0 Å². The van der Waals surface area contributed by atoms with Gasteiger partial charge in [-0.15, -0.1) is 0 Å². The SMILES string of the molecule is CCC(C)(C)Oc1ccc(C2(c3ccc(OC(C)(C)CC)cc3)CCC(C(C)(C)C3CCC(c4ccc(OC(C)(C)CC)cc4)(c4ccc(OC(C)(C)CC)cc4)CC3)CC2)cc1. The van der Waals surface area contributed by atoms with Crippen molar-refractivity contribution in [1.82, 2.24) is 0 Å². The highest BCUT2D eigenvalue weighted by atomic mass is 16.5. The second-order valence-electron chi connectivity index (χ2n) is 22.5. The number of hydrogen-bond donors (Lipinski definition) is 0. The maximum Gasteiger partial charge on any atom is 0.120 e. The first-order chi connectivity index (χ1) is 29.6. The molecule has 2 aliphatic carbocycles. The first-order valence-corrected chi connectivity index (χ1v) is 24.8. The molecule has 0 radical (unpaired) electrons. The van der Waals surface area contributed by atoms with Gasteiger partial charge in [0.15, 0.2) is 0 Å². The summed E-state index contributed by atoms with van der Waals surface area (Å²) in [5, 5.41) is 0. The lowest BCUT2D eigenvalue weighted by Crippen LogP contribution is -2.43. The van der Waals surface area contributed by atoms with Gasteiger partial charge in [-0.3, -0.25) is 0 Å². The molecule has 6 rings (SSSR count). The maximum absolute atomic E-state index is 6.43. The monoisotopic (exact) mass is 857 g/mol. The van der Waals surface area contributed by atoms with Crippen LogP contribution in [0.1, 0.15) is 196 Å². The molecule has 0 aromatic heterocycles. The fourth-order valence-electron chi connectivity index (χ4n) is 10.5. The molecule has 2 fully saturated rings. The number of rotatable bonds is 18. The van der Waals surface area contributed by atoms with Gasteiger partial charge in [-0.1, -0.05) is 90.1 Å². The van der Waals surface area contributed by atoms with Crippen LogP contribution in [0.5, 0.6) is 23.0 Å². The highest BCUT2D eigenvalue weighted by Crippen LogP contribution is 2.57. The Balaban J connectivity index is 1.24. The molecule has 2 saturated carbocycles. The first-order valence-electron chi connectivity index (χ1n) is 24.8. The highest BCUT2D eigenvalue weighted by Gasteiger charge is 2.48. The fourth-order valence-corrected chi connectivity index (χ4v) is 10.5.